The number of anilines is 2. The molecule has 6 nitrogen and oxygen atoms in total. The molecule has 27 heavy (non-hydrogen) atoms. The summed E-state index contributed by atoms with van der Waals surface area (Å²) >= 11 is 1.53. The van der Waals surface area contributed by atoms with E-state index in [0.29, 0.717) is 31.1 Å². The molecule has 1 aliphatic rings. The van der Waals surface area contributed by atoms with E-state index in [1.165, 1.54) is 15.6 Å². The zero-order valence-electron chi connectivity index (χ0n) is 15.0. The van der Waals surface area contributed by atoms with Gasteiger partial charge >= 0.3 is 0 Å². The molecule has 0 atom stereocenters. The monoisotopic (exact) mass is 403 g/mol. The van der Waals surface area contributed by atoms with E-state index >= 15 is 0 Å². The van der Waals surface area contributed by atoms with Crippen LogP contribution in [-0.2, 0) is 10.0 Å². The maximum Gasteiger partial charge on any atom is 0.246 e. The van der Waals surface area contributed by atoms with Crippen molar-refractivity contribution in [3.05, 3.63) is 42.5 Å². The number of benzene rings is 2. The Bertz CT molecular complexity index is 1020. The second-order valence-corrected chi connectivity index (χ2v) is 9.25. The van der Waals surface area contributed by atoms with Crippen LogP contribution < -0.4 is 10.1 Å². The van der Waals surface area contributed by atoms with Gasteiger partial charge in [-0.15, -0.1) is 0 Å². The topological polar surface area (TPSA) is 71.5 Å². The minimum absolute atomic E-state index is 0.206. The first kappa shape index (κ1) is 18.2. The summed E-state index contributed by atoms with van der Waals surface area (Å²) < 4.78 is 34.4. The van der Waals surface area contributed by atoms with E-state index in [0.717, 1.165) is 28.2 Å². The van der Waals surface area contributed by atoms with Crippen LogP contribution in [0.2, 0.25) is 0 Å². The van der Waals surface area contributed by atoms with Crippen LogP contribution in [-0.4, -0.2) is 37.4 Å². The van der Waals surface area contributed by atoms with Gasteiger partial charge in [0.2, 0.25) is 10.0 Å². The molecule has 2 aromatic carbocycles. The Morgan fingerprint density at radius 3 is 2.70 bits per heavy atom. The van der Waals surface area contributed by atoms with Crippen molar-refractivity contribution in [3.8, 4) is 5.75 Å². The summed E-state index contributed by atoms with van der Waals surface area (Å²) in [6.45, 7) is 3.37. The molecule has 1 N–H and O–H groups in total. The summed E-state index contributed by atoms with van der Waals surface area (Å²) in [5.41, 5.74) is 1.59. The fourth-order valence-electron chi connectivity index (χ4n) is 3.18. The fourth-order valence-corrected chi connectivity index (χ4v) is 5.74. The summed E-state index contributed by atoms with van der Waals surface area (Å²) in [4.78, 5) is 4.76. The third-order valence-corrected chi connectivity index (χ3v) is 7.34. The maximum atomic E-state index is 13.1. The van der Waals surface area contributed by atoms with E-state index in [9.17, 15) is 8.42 Å². The van der Waals surface area contributed by atoms with Gasteiger partial charge in [-0.1, -0.05) is 23.5 Å². The third kappa shape index (κ3) is 3.65. The van der Waals surface area contributed by atoms with Gasteiger partial charge in [0.15, 0.2) is 5.13 Å². The number of sulfonamides is 1. The number of hydrogen-bond acceptors (Lipinski definition) is 6. The lowest BCUT2D eigenvalue weighted by Gasteiger charge is -2.19. The smallest absolute Gasteiger partial charge is 0.246 e. The first-order chi connectivity index (χ1) is 13.1. The normalized spacial score (nSPS) is 15.3. The Hall–Kier alpha value is -2.16. The van der Waals surface area contributed by atoms with Crippen LogP contribution in [0.15, 0.2) is 47.4 Å². The van der Waals surface area contributed by atoms with Gasteiger partial charge in [-0.25, -0.2) is 13.4 Å². The largest absolute Gasteiger partial charge is 0.492 e. The molecule has 0 amide bonds. The van der Waals surface area contributed by atoms with E-state index in [2.05, 4.69) is 10.3 Å². The van der Waals surface area contributed by atoms with E-state index in [1.54, 1.807) is 12.1 Å². The molecule has 8 heteroatoms. The summed E-state index contributed by atoms with van der Waals surface area (Å²) in [6, 6.07) is 13.1. The molecule has 2 heterocycles. The highest BCUT2D eigenvalue weighted by Gasteiger charge is 2.30. The summed E-state index contributed by atoms with van der Waals surface area (Å²) in [7, 11) is -3.58. The van der Waals surface area contributed by atoms with Crippen LogP contribution in [0.5, 0.6) is 5.75 Å². The molecular weight excluding hydrogens is 382 g/mol. The van der Waals surface area contributed by atoms with E-state index in [1.807, 2.05) is 37.3 Å². The highest BCUT2D eigenvalue weighted by Crippen LogP contribution is 2.34. The minimum Gasteiger partial charge on any atom is -0.492 e. The Balaban J connectivity index is 1.69. The summed E-state index contributed by atoms with van der Waals surface area (Å²) in [6.07, 6.45) is 1.79. The molecule has 3 aromatic rings. The first-order valence-electron chi connectivity index (χ1n) is 8.97. The minimum atomic E-state index is -3.58. The molecule has 0 unspecified atom stereocenters. The molecule has 4 rings (SSSR count). The number of para-hydroxylation sites is 1. The highest BCUT2D eigenvalue weighted by atomic mass is 32.2. The zero-order valence-corrected chi connectivity index (χ0v) is 16.6. The van der Waals surface area contributed by atoms with E-state index < -0.39 is 10.0 Å². The van der Waals surface area contributed by atoms with Gasteiger partial charge in [0.1, 0.15) is 10.6 Å². The fraction of sp³-hybridized carbons (Fsp3) is 0.316. The molecular formula is C19H21N3O3S2. The molecule has 0 saturated carbocycles. The average Bonchev–Trinajstić information content (AvgIpc) is 3.32. The van der Waals surface area contributed by atoms with Gasteiger partial charge in [0.05, 0.1) is 16.8 Å². The lowest BCUT2D eigenvalue weighted by molar-refractivity contribution is 0.330. The van der Waals surface area contributed by atoms with Crippen molar-refractivity contribution in [3.63, 3.8) is 0 Å². The summed E-state index contributed by atoms with van der Waals surface area (Å²) in [5.74, 6) is 0.388. The Kier molecular flexibility index (Phi) is 5.03. The molecule has 0 radical (unpaired) electrons. The summed E-state index contributed by atoms with van der Waals surface area (Å²) in [5, 5.41) is 3.96. The first-order valence-corrected chi connectivity index (χ1v) is 11.2. The highest BCUT2D eigenvalue weighted by molar-refractivity contribution is 7.89. The zero-order chi connectivity index (χ0) is 18.9. The predicted molar refractivity (Wildman–Crippen MR) is 109 cm³/mol. The SMILES string of the molecule is CCOc1ccc(Nc2nc3ccccc3s2)cc1S(=O)(=O)N1CCCC1. The molecule has 0 bridgehead atoms. The lowest BCUT2D eigenvalue weighted by Crippen LogP contribution is -2.28. The van der Waals surface area contributed by atoms with Gasteiger partial charge < -0.3 is 10.1 Å². The molecule has 1 saturated heterocycles. The number of ether oxygens (including phenoxy) is 1. The van der Waals surface area contributed by atoms with Crippen LogP contribution in [0.1, 0.15) is 19.8 Å². The molecule has 142 valence electrons. The van der Waals surface area contributed by atoms with Crippen LogP contribution in [0.25, 0.3) is 10.2 Å². The van der Waals surface area contributed by atoms with Crippen molar-refractivity contribution in [1.82, 2.24) is 9.29 Å². The number of nitrogens with one attached hydrogen (secondary N) is 1. The molecule has 1 aliphatic heterocycles. The quantitative estimate of drug-likeness (QED) is 0.667. The predicted octanol–water partition coefficient (Wildman–Crippen LogP) is 4.22. The Morgan fingerprint density at radius 1 is 1.19 bits per heavy atom. The Morgan fingerprint density at radius 2 is 1.96 bits per heavy atom. The van der Waals surface area contributed by atoms with Crippen LogP contribution >= 0.6 is 11.3 Å². The van der Waals surface area contributed by atoms with Crippen molar-refractivity contribution in [2.45, 2.75) is 24.7 Å². The second-order valence-electron chi connectivity index (χ2n) is 6.32. The average molecular weight is 404 g/mol. The number of nitrogens with zero attached hydrogens (tertiary/aromatic N) is 2. The van der Waals surface area contributed by atoms with Gasteiger partial charge in [0, 0.05) is 18.8 Å². The number of rotatable bonds is 6. The number of fused-ring (bicyclic) bond motifs is 1. The molecule has 1 aromatic heterocycles. The maximum absolute atomic E-state index is 13.1. The van der Waals surface area contributed by atoms with Crippen molar-refractivity contribution in [2.24, 2.45) is 0 Å². The number of aromatic nitrogens is 1. The third-order valence-electron chi connectivity index (χ3n) is 4.47. The molecule has 0 aliphatic carbocycles. The van der Waals surface area contributed by atoms with Crippen LogP contribution in [0.4, 0.5) is 10.8 Å². The Labute approximate surface area is 162 Å². The van der Waals surface area contributed by atoms with Gasteiger partial charge in [0.25, 0.3) is 0 Å². The molecule has 1 fully saturated rings. The van der Waals surface area contributed by atoms with Crippen molar-refractivity contribution >= 4 is 42.4 Å². The van der Waals surface area contributed by atoms with Crippen molar-refractivity contribution in [1.29, 1.82) is 0 Å². The molecule has 0 spiro atoms. The van der Waals surface area contributed by atoms with Gasteiger partial charge in [-0.2, -0.15) is 4.31 Å². The number of hydrogen-bond donors (Lipinski definition) is 1. The van der Waals surface area contributed by atoms with Crippen LogP contribution in [0.3, 0.4) is 0 Å². The second kappa shape index (κ2) is 7.46. The van der Waals surface area contributed by atoms with E-state index in [4.69, 9.17) is 4.74 Å². The van der Waals surface area contributed by atoms with Crippen LogP contribution in [0, 0.1) is 0 Å². The van der Waals surface area contributed by atoms with Gasteiger partial charge in [-0.05, 0) is 50.1 Å². The lowest BCUT2D eigenvalue weighted by atomic mass is 10.3. The van der Waals surface area contributed by atoms with E-state index in [-0.39, 0.29) is 4.90 Å². The van der Waals surface area contributed by atoms with Gasteiger partial charge in [-0.3, -0.25) is 0 Å². The van der Waals surface area contributed by atoms with Crippen molar-refractivity contribution < 1.29 is 13.2 Å². The van der Waals surface area contributed by atoms with Crippen molar-refractivity contribution in [2.75, 3.05) is 25.0 Å². The standard InChI is InChI=1S/C19H21N3O3S2/c1-2-25-16-10-9-14(13-18(16)27(23,24)22-11-5-6-12-22)20-19-21-15-7-3-4-8-17(15)26-19/h3-4,7-10,13H,2,5-6,11-12H2,1H3,(H,20,21). The number of thiazole rings is 1.